The molecule has 1 aliphatic rings. The largest absolute Gasteiger partial charge is 0.493 e. The number of rotatable bonds is 6. The Hall–Kier alpha value is -0.970. The maximum atomic E-state index is 5.51. The van der Waals surface area contributed by atoms with Crippen LogP contribution in [-0.4, -0.2) is 45.3 Å². The van der Waals surface area contributed by atoms with E-state index in [0.29, 0.717) is 6.04 Å². The number of methoxy groups -OCH3 is 2. The van der Waals surface area contributed by atoms with Gasteiger partial charge in [-0.15, -0.1) is 12.4 Å². The molecule has 1 fully saturated rings. The fourth-order valence-electron chi connectivity index (χ4n) is 2.87. The monoisotopic (exact) mass is 300 g/mol. The second kappa shape index (κ2) is 8.35. The molecule has 0 aliphatic carbocycles. The number of hydrogen-bond acceptors (Lipinski definition) is 4. The van der Waals surface area contributed by atoms with Gasteiger partial charge in [0.1, 0.15) is 0 Å². The number of hydrogen-bond donors (Lipinski definition) is 1. The van der Waals surface area contributed by atoms with Crippen molar-refractivity contribution in [1.29, 1.82) is 0 Å². The normalized spacial score (nSPS) is 18.6. The summed E-state index contributed by atoms with van der Waals surface area (Å²) in [4.78, 5) is 2.52. The third-order valence-corrected chi connectivity index (χ3v) is 3.80. The van der Waals surface area contributed by atoms with Gasteiger partial charge in [-0.25, -0.2) is 0 Å². The minimum atomic E-state index is 0. The summed E-state index contributed by atoms with van der Waals surface area (Å²) in [7, 11) is 5.40. The molecule has 1 N–H and O–H groups in total. The topological polar surface area (TPSA) is 33.7 Å². The van der Waals surface area contributed by atoms with Gasteiger partial charge in [0.2, 0.25) is 0 Å². The van der Waals surface area contributed by atoms with Gasteiger partial charge in [0.05, 0.1) is 14.2 Å². The maximum Gasteiger partial charge on any atom is 0.165 e. The molecule has 2 rings (SSSR count). The first kappa shape index (κ1) is 17.1. The second-order valence-electron chi connectivity index (χ2n) is 4.98. The molecule has 1 atom stereocenters. The van der Waals surface area contributed by atoms with Crippen LogP contribution < -0.4 is 14.8 Å². The van der Waals surface area contributed by atoms with E-state index in [-0.39, 0.29) is 12.4 Å². The zero-order valence-corrected chi connectivity index (χ0v) is 13.3. The molecule has 0 saturated carbocycles. The van der Waals surface area contributed by atoms with Crippen LogP contribution in [0.2, 0.25) is 0 Å². The van der Waals surface area contributed by atoms with Crippen molar-refractivity contribution in [3.05, 3.63) is 23.8 Å². The van der Waals surface area contributed by atoms with E-state index < -0.39 is 0 Å². The fourth-order valence-corrected chi connectivity index (χ4v) is 2.87. The van der Waals surface area contributed by atoms with Gasteiger partial charge >= 0.3 is 0 Å². The Morgan fingerprint density at radius 3 is 2.75 bits per heavy atom. The van der Waals surface area contributed by atoms with Crippen LogP contribution in [0.3, 0.4) is 0 Å². The first-order chi connectivity index (χ1) is 9.30. The second-order valence-corrected chi connectivity index (χ2v) is 4.98. The molecule has 5 heteroatoms. The Balaban J connectivity index is 0.00000200. The lowest BCUT2D eigenvalue weighted by molar-refractivity contribution is 0.237. The van der Waals surface area contributed by atoms with Gasteiger partial charge in [0.25, 0.3) is 0 Å². The maximum absolute atomic E-state index is 5.51. The molecule has 1 heterocycles. The van der Waals surface area contributed by atoms with Crippen LogP contribution in [0.5, 0.6) is 11.5 Å². The van der Waals surface area contributed by atoms with Crippen molar-refractivity contribution in [2.24, 2.45) is 0 Å². The highest BCUT2D eigenvalue weighted by Crippen LogP contribution is 2.32. The molecule has 0 amide bonds. The van der Waals surface area contributed by atoms with Gasteiger partial charge in [-0.05, 0) is 32.5 Å². The molecule has 1 unspecified atom stereocenters. The fraction of sp³-hybridized carbons (Fsp3) is 0.600. The molecule has 1 aromatic carbocycles. The van der Waals surface area contributed by atoms with Crippen molar-refractivity contribution in [3.8, 4) is 11.5 Å². The number of benzene rings is 1. The average molecular weight is 301 g/mol. The van der Waals surface area contributed by atoms with E-state index in [4.69, 9.17) is 9.47 Å². The number of likely N-dealkylation sites (N-methyl/N-ethyl adjacent to an activating group) is 1. The average Bonchev–Trinajstić information content (AvgIpc) is 2.86. The number of nitrogens with zero attached hydrogens (tertiary/aromatic N) is 1. The summed E-state index contributed by atoms with van der Waals surface area (Å²) in [6.45, 7) is 3.13. The number of ether oxygens (including phenoxy) is 2. The van der Waals surface area contributed by atoms with Crippen LogP contribution in [-0.2, 0) is 6.54 Å². The Labute approximate surface area is 127 Å². The van der Waals surface area contributed by atoms with Gasteiger partial charge in [-0.1, -0.05) is 12.1 Å². The number of para-hydroxylation sites is 1. The van der Waals surface area contributed by atoms with Crippen LogP contribution in [0, 0.1) is 0 Å². The molecular formula is C15H25ClN2O2. The van der Waals surface area contributed by atoms with E-state index in [9.17, 15) is 0 Å². The molecule has 20 heavy (non-hydrogen) atoms. The van der Waals surface area contributed by atoms with Crippen molar-refractivity contribution in [2.45, 2.75) is 25.4 Å². The molecule has 1 aromatic rings. The highest BCUT2D eigenvalue weighted by molar-refractivity contribution is 5.85. The van der Waals surface area contributed by atoms with Crippen LogP contribution in [0.1, 0.15) is 18.4 Å². The standard InChI is InChI=1S/C15H24N2O2.ClH/c1-16-10-13-7-5-9-17(13)11-12-6-4-8-14(18-2)15(12)19-3;/h4,6,8,13,16H,5,7,9-11H2,1-3H3;1H. The van der Waals surface area contributed by atoms with E-state index in [1.165, 1.54) is 18.4 Å². The van der Waals surface area contributed by atoms with Crippen molar-refractivity contribution in [3.63, 3.8) is 0 Å². The van der Waals surface area contributed by atoms with E-state index >= 15 is 0 Å². The third kappa shape index (κ3) is 3.78. The van der Waals surface area contributed by atoms with E-state index in [0.717, 1.165) is 31.1 Å². The van der Waals surface area contributed by atoms with Crippen LogP contribution in [0.15, 0.2) is 18.2 Å². The summed E-state index contributed by atoms with van der Waals surface area (Å²) in [5.41, 5.74) is 1.20. The van der Waals surface area contributed by atoms with Gasteiger partial charge in [0, 0.05) is 24.7 Å². The molecule has 4 nitrogen and oxygen atoms in total. The number of likely N-dealkylation sites (tertiary alicyclic amines) is 1. The molecule has 0 radical (unpaired) electrons. The van der Waals surface area contributed by atoms with Gasteiger partial charge in [-0.2, -0.15) is 0 Å². The summed E-state index contributed by atoms with van der Waals surface area (Å²) in [6.07, 6.45) is 2.55. The van der Waals surface area contributed by atoms with Crippen molar-refractivity contribution in [2.75, 3.05) is 34.4 Å². The first-order valence-corrected chi connectivity index (χ1v) is 6.88. The molecule has 1 aliphatic heterocycles. The lowest BCUT2D eigenvalue weighted by Gasteiger charge is -2.25. The Morgan fingerprint density at radius 1 is 1.30 bits per heavy atom. The number of halogens is 1. The summed E-state index contributed by atoms with van der Waals surface area (Å²) in [5.74, 6) is 1.67. The molecule has 1 saturated heterocycles. The molecule has 0 aromatic heterocycles. The smallest absolute Gasteiger partial charge is 0.165 e. The minimum Gasteiger partial charge on any atom is -0.493 e. The van der Waals surface area contributed by atoms with E-state index in [1.54, 1.807) is 14.2 Å². The molecule has 114 valence electrons. The lowest BCUT2D eigenvalue weighted by atomic mass is 10.1. The SMILES string of the molecule is CNCC1CCCN1Cc1cccc(OC)c1OC.Cl. The van der Waals surface area contributed by atoms with Crippen molar-refractivity contribution < 1.29 is 9.47 Å². The predicted octanol–water partition coefficient (Wildman–Crippen LogP) is 2.31. The molecule has 0 spiro atoms. The van der Waals surface area contributed by atoms with Gasteiger partial charge in [-0.3, -0.25) is 4.90 Å². The van der Waals surface area contributed by atoms with Crippen LogP contribution >= 0.6 is 12.4 Å². The lowest BCUT2D eigenvalue weighted by Crippen LogP contribution is -2.36. The predicted molar refractivity (Wildman–Crippen MR) is 84.2 cm³/mol. The van der Waals surface area contributed by atoms with Crippen LogP contribution in [0.25, 0.3) is 0 Å². The quantitative estimate of drug-likeness (QED) is 0.874. The van der Waals surface area contributed by atoms with E-state index in [2.05, 4.69) is 16.3 Å². The zero-order valence-electron chi connectivity index (χ0n) is 12.5. The van der Waals surface area contributed by atoms with Gasteiger partial charge < -0.3 is 14.8 Å². The van der Waals surface area contributed by atoms with Gasteiger partial charge in [0.15, 0.2) is 11.5 Å². The third-order valence-electron chi connectivity index (χ3n) is 3.80. The Morgan fingerprint density at radius 2 is 2.10 bits per heavy atom. The Kier molecular flexibility index (Phi) is 7.13. The zero-order chi connectivity index (χ0) is 13.7. The highest BCUT2D eigenvalue weighted by atomic mass is 35.5. The van der Waals surface area contributed by atoms with Crippen LogP contribution in [0.4, 0.5) is 0 Å². The van der Waals surface area contributed by atoms with Crippen molar-refractivity contribution >= 4 is 12.4 Å². The first-order valence-electron chi connectivity index (χ1n) is 6.88. The summed E-state index contributed by atoms with van der Waals surface area (Å²) in [5, 5.41) is 3.28. The Bertz CT molecular complexity index is 415. The summed E-state index contributed by atoms with van der Waals surface area (Å²) in [6, 6.07) is 6.72. The minimum absolute atomic E-state index is 0. The van der Waals surface area contributed by atoms with Crippen molar-refractivity contribution in [1.82, 2.24) is 10.2 Å². The molecular weight excluding hydrogens is 276 g/mol. The van der Waals surface area contributed by atoms with E-state index in [1.807, 2.05) is 19.2 Å². The number of nitrogens with one attached hydrogen (secondary N) is 1. The summed E-state index contributed by atoms with van der Waals surface area (Å²) >= 11 is 0. The molecule has 0 bridgehead atoms. The summed E-state index contributed by atoms with van der Waals surface area (Å²) < 4.78 is 10.9. The highest BCUT2D eigenvalue weighted by Gasteiger charge is 2.25.